The Balaban J connectivity index is 1.61. The van der Waals surface area contributed by atoms with Crippen molar-refractivity contribution in [2.24, 2.45) is 0 Å². The Morgan fingerprint density at radius 2 is 1.84 bits per heavy atom. The molecule has 1 aliphatic rings. The number of benzene rings is 1. The molecule has 1 aromatic carbocycles. The van der Waals surface area contributed by atoms with Gasteiger partial charge < -0.3 is 10.2 Å². The van der Waals surface area contributed by atoms with E-state index in [9.17, 15) is 9.18 Å². The molecule has 0 bridgehead atoms. The number of hydrogen-bond donors (Lipinski definition) is 1. The largest absolute Gasteiger partial charge is 0.336 e. The molecule has 1 aliphatic heterocycles. The molecule has 0 spiro atoms. The first-order chi connectivity index (χ1) is 15.1. The van der Waals surface area contributed by atoms with Crippen LogP contribution in [0.4, 0.5) is 4.39 Å². The van der Waals surface area contributed by atoms with E-state index in [0.29, 0.717) is 31.5 Å². The molecule has 1 amide bonds. The number of pyridine rings is 1. The maximum Gasteiger partial charge on any atom is 0.254 e. The number of carbonyl (C=O) groups is 1. The van der Waals surface area contributed by atoms with Crippen molar-refractivity contribution in [3.05, 3.63) is 89.0 Å². The van der Waals surface area contributed by atoms with Gasteiger partial charge in [-0.15, -0.1) is 0 Å². The fraction of sp³-hybridized carbons (Fsp3) is 0.333. The van der Waals surface area contributed by atoms with E-state index in [1.54, 1.807) is 30.7 Å². The summed E-state index contributed by atoms with van der Waals surface area (Å²) in [6, 6.07) is 10.3. The van der Waals surface area contributed by atoms with E-state index in [1.807, 2.05) is 17.0 Å². The van der Waals surface area contributed by atoms with Crippen molar-refractivity contribution in [1.82, 2.24) is 25.2 Å². The summed E-state index contributed by atoms with van der Waals surface area (Å²) in [4.78, 5) is 28.3. The second kappa shape index (κ2) is 9.75. The van der Waals surface area contributed by atoms with Crippen LogP contribution in [0.1, 0.15) is 45.8 Å². The van der Waals surface area contributed by atoms with Gasteiger partial charge in [0, 0.05) is 68.1 Å². The molecule has 31 heavy (non-hydrogen) atoms. The topological polar surface area (TPSA) is 71.0 Å². The molecular weight excluding hydrogens is 393 g/mol. The van der Waals surface area contributed by atoms with Gasteiger partial charge in [0.2, 0.25) is 0 Å². The molecule has 0 radical (unpaired) electrons. The van der Waals surface area contributed by atoms with Gasteiger partial charge in [-0.1, -0.05) is 19.1 Å². The number of rotatable bonds is 6. The Morgan fingerprint density at radius 1 is 1.10 bits per heavy atom. The first kappa shape index (κ1) is 21.1. The molecule has 7 heteroatoms. The third kappa shape index (κ3) is 5.49. The number of amides is 1. The molecule has 0 saturated carbocycles. The van der Waals surface area contributed by atoms with Gasteiger partial charge in [0.1, 0.15) is 5.82 Å². The van der Waals surface area contributed by atoms with Crippen molar-refractivity contribution in [1.29, 1.82) is 0 Å². The molecule has 0 unspecified atom stereocenters. The van der Waals surface area contributed by atoms with Gasteiger partial charge >= 0.3 is 0 Å². The lowest BCUT2D eigenvalue weighted by atomic mass is 9.95. The average Bonchev–Trinajstić information content (AvgIpc) is 2.80. The molecule has 1 N–H and O–H groups in total. The summed E-state index contributed by atoms with van der Waals surface area (Å²) in [6.07, 6.45) is 6.17. The van der Waals surface area contributed by atoms with Crippen LogP contribution in [0.3, 0.4) is 0 Å². The van der Waals surface area contributed by atoms with Crippen LogP contribution in [0, 0.1) is 5.82 Å². The van der Waals surface area contributed by atoms with Crippen LogP contribution in [-0.2, 0) is 12.8 Å². The Kier molecular flexibility index (Phi) is 6.62. The maximum atomic E-state index is 13.3. The van der Waals surface area contributed by atoms with E-state index in [-0.39, 0.29) is 17.6 Å². The summed E-state index contributed by atoms with van der Waals surface area (Å²) in [5, 5.41) is 3.28. The summed E-state index contributed by atoms with van der Waals surface area (Å²) < 4.78 is 13.3. The summed E-state index contributed by atoms with van der Waals surface area (Å²) in [6.45, 7) is 5.08. The SMILES string of the molecule is C[C@H](Cc1cc(C(=O)N2CCNCC2)cc(Cc2cnccn2)n1)c1ccc(F)cc1. The molecular formula is C24H26FN5O. The van der Waals surface area contributed by atoms with Crippen molar-refractivity contribution in [3.63, 3.8) is 0 Å². The van der Waals surface area contributed by atoms with Crippen LogP contribution in [-0.4, -0.2) is 51.9 Å². The van der Waals surface area contributed by atoms with E-state index in [1.165, 1.54) is 12.1 Å². The fourth-order valence-corrected chi connectivity index (χ4v) is 3.85. The molecule has 3 heterocycles. The number of halogens is 1. The Morgan fingerprint density at radius 3 is 2.55 bits per heavy atom. The number of hydrogen-bond acceptors (Lipinski definition) is 5. The van der Waals surface area contributed by atoms with Gasteiger partial charge in [-0.25, -0.2) is 4.39 Å². The molecule has 160 valence electrons. The lowest BCUT2D eigenvalue weighted by Crippen LogP contribution is -2.46. The van der Waals surface area contributed by atoms with Crippen LogP contribution >= 0.6 is 0 Å². The highest BCUT2D eigenvalue weighted by Crippen LogP contribution is 2.22. The van der Waals surface area contributed by atoms with Crippen molar-refractivity contribution >= 4 is 5.91 Å². The van der Waals surface area contributed by atoms with Crippen molar-refractivity contribution in [2.45, 2.75) is 25.7 Å². The summed E-state index contributed by atoms with van der Waals surface area (Å²) in [5.41, 5.74) is 4.13. The minimum atomic E-state index is -0.246. The first-order valence-corrected chi connectivity index (χ1v) is 10.6. The monoisotopic (exact) mass is 419 g/mol. The van der Waals surface area contributed by atoms with Gasteiger partial charge in [-0.05, 0) is 42.2 Å². The molecule has 1 saturated heterocycles. The van der Waals surface area contributed by atoms with Crippen LogP contribution in [0.5, 0.6) is 0 Å². The summed E-state index contributed by atoms with van der Waals surface area (Å²) >= 11 is 0. The standard InChI is InChI=1S/C24H26FN5O/c1-17(18-2-4-20(25)5-3-18)12-21-13-19(24(31)30-10-8-26-9-11-30)14-22(29-21)15-23-16-27-6-7-28-23/h2-7,13-14,16-17,26H,8-12,15H2,1H3/t17-/m1/s1. The summed E-state index contributed by atoms with van der Waals surface area (Å²) in [7, 11) is 0. The Labute approximate surface area is 181 Å². The Hall–Kier alpha value is -3.19. The third-order valence-electron chi connectivity index (χ3n) is 5.52. The first-order valence-electron chi connectivity index (χ1n) is 10.6. The van der Waals surface area contributed by atoms with Crippen molar-refractivity contribution < 1.29 is 9.18 Å². The van der Waals surface area contributed by atoms with E-state index in [4.69, 9.17) is 4.98 Å². The highest BCUT2D eigenvalue weighted by Gasteiger charge is 2.20. The highest BCUT2D eigenvalue weighted by atomic mass is 19.1. The van der Waals surface area contributed by atoms with E-state index in [2.05, 4.69) is 22.2 Å². The van der Waals surface area contributed by atoms with Crippen molar-refractivity contribution in [3.8, 4) is 0 Å². The molecule has 0 aliphatic carbocycles. The minimum absolute atomic E-state index is 0.0278. The number of nitrogens with zero attached hydrogens (tertiary/aromatic N) is 4. The van der Waals surface area contributed by atoms with E-state index in [0.717, 1.165) is 35.7 Å². The molecule has 6 nitrogen and oxygen atoms in total. The summed E-state index contributed by atoms with van der Waals surface area (Å²) in [5.74, 6) is -0.0778. The molecule has 4 rings (SSSR count). The zero-order chi connectivity index (χ0) is 21.6. The van der Waals surface area contributed by atoms with Crippen LogP contribution in [0.25, 0.3) is 0 Å². The smallest absolute Gasteiger partial charge is 0.254 e. The van der Waals surface area contributed by atoms with Crippen LogP contribution in [0.2, 0.25) is 0 Å². The van der Waals surface area contributed by atoms with E-state index >= 15 is 0 Å². The number of carbonyl (C=O) groups excluding carboxylic acids is 1. The van der Waals surface area contributed by atoms with E-state index < -0.39 is 0 Å². The van der Waals surface area contributed by atoms with Gasteiger partial charge in [-0.2, -0.15) is 0 Å². The molecule has 1 atom stereocenters. The number of piperazine rings is 1. The number of aromatic nitrogens is 3. The quantitative estimate of drug-likeness (QED) is 0.665. The minimum Gasteiger partial charge on any atom is -0.336 e. The predicted octanol–water partition coefficient (Wildman–Crippen LogP) is 2.99. The second-order valence-corrected chi connectivity index (χ2v) is 7.91. The fourth-order valence-electron chi connectivity index (χ4n) is 3.85. The third-order valence-corrected chi connectivity index (χ3v) is 5.52. The zero-order valence-electron chi connectivity index (χ0n) is 17.6. The lowest BCUT2D eigenvalue weighted by Gasteiger charge is -2.27. The second-order valence-electron chi connectivity index (χ2n) is 7.91. The maximum absolute atomic E-state index is 13.3. The predicted molar refractivity (Wildman–Crippen MR) is 116 cm³/mol. The molecule has 1 fully saturated rings. The Bertz CT molecular complexity index is 1020. The zero-order valence-corrected chi connectivity index (χ0v) is 17.6. The van der Waals surface area contributed by atoms with Crippen LogP contribution in [0.15, 0.2) is 55.0 Å². The van der Waals surface area contributed by atoms with Crippen LogP contribution < -0.4 is 5.32 Å². The lowest BCUT2D eigenvalue weighted by molar-refractivity contribution is 0.0735. The van der Waals surface area contributed by atoms with Gasteiger partial charge in [-0.3, -0.25) is 19.7 Å². The normalized spacial score (nSPS) is 15.0. The van der Waals surface area contributed by atoms with Gasteiger partial charge in [0.15, 0.2) is 0 Å². The van der Waals surface area contributed by atoms with Gasteiger partial charge in [0.05, 0.1) is 5.69 Å². The molecule has 2 aromatic heterocycles. The molecule has 3 aromatic rings. The van der Waals surface area contributed by atoms with Crippen molar-refractivity contribution in [2.75, 3.05) is 26.2 Å². The average molecular weight is 420 g/mol. The van der Waals surface area contributed by atoms with Gasteiger partial charge in [0.25, 0.3) is 5.91 Å². The number of nitrogens with one attached hydrogen (secondary N) is 1. The highest BCUT2D eigenvalue weighted by molar-refractivity contribution is 5.94.